The van der Waals surface area contributed by atoms with Gasteiger partial charge in [-0.3, -0.25) is 0 Å². The molecule has 3 rings (SSSR count). The first kappa shape index (κ1) is 5.68. The molecule has 0 spiro atoms. The van der Waals surface area contributed by atoms with E-state index in [1.807, 2.05) is 0 Å². The molecule has 52 valence electrons. The van der Waals surface area contributed by atoms with Crippen molar-refractivity contribution in [1.82, 2.24) is 0 Å². The molecule has 0 unspecified atom stereocenters. The van der Waals surface area contributed by atoms with E-state index in [0.29, 0.717) is 5.92 Å². The van der Waals surface area contributed by atoms with Gasteiger partial charge in [0, 0.05) is 0 Å². The van der Waals surface area contributed by atoms with Crippen LogP contribution in [0.15, 0.2) is 0 Å². The van der Waals surface area contributed by atoms with Crippen molar-refractivity contribution in [1.29, 1.82) is 0 Å². The molecule has 2 bridgehead atoms. The van der Waals surface area contributed by atoms with Crippen LogP contribution in [0.3, 0.4) is 0 Å². The summed E-state index contributed by atoms with van der Waals surface area (Å²) in [5.41, 5.74) is 0. The summed E-state index contributed by atoms with van der Waals surface area (Å²) in [7, 11) is -3.20. The van der Waals surface area contributed by atoms with Gasteiger partial charge in [0.25, 0.3) is 0 Å². The summed E-state index contributed by atoms with van der Waals surface area (Å²) in [6.45, 7) is 0. The van der Waals surface area contributed by atoms with E-state index < -0.39 is 14.8 Å². The lowest BCUT2D eigenvalue weighted by molar-refractivity contribution is 0.0484. The molecule has 3 aliphatic carbocycles. The zero-order chi connectivity index (χ0) is 6.70. The Morgan fingerprint density at radius 3 is 1.78 bits per heavy atom. The molecule has 0 saturated heterocycles. The van der Waals surface area contributed by atoms with E-state index in [9.17, 15) is 8.42 Å². The molecule has 0 aromatic heterocycles. The average molecular weight is 147 g/mol. The zero-order valence-electron chi connectivity index (χ0n) is 5.00. The van der Waals surface area contributed by atoms with Gasteiger partial charge >= 0.3 is 0 Å². The van der Waals surface area contributed by atoms with Crippen molar-refractivity contribution in [2.75, 3.05) is 0 Å². The molecule has 3 saturated carbocycles. The van der Waals surface area contributed by atoms with Crippen LogP contribution >= 0.6 is 0 Å². The van der Waals surface area contributed by atoms with Crippen molar-refractivity contribution >= 4 is 10.0 Å². The Hall–Kier alpha value is -0.0900. The van der Waals surface area contributed by atoms with Gasteiger partial charge in [0.2, 0.25) is 10.0 Å². The summed E-state index contributed by atoms with van der Waals surface area (Å²) in [4.78, 5) is 0. The maximum atomic E-state index is 10.8. The van der Waals surface area contributed by atoms with Crippen LogP contribution in [0, 0.1) is 5.92 Å². The molecule has 0 heterocycles. The third-order valence-corrected chi connectivity index (χ3v) is 4.29. The van der Waals surface area contributed by atoms with Crippen molar-refractivity contribution in [3.63, 3.8) is 0 Å². The largest absolute Gasteiger partial charge is 0.228 e. The third-order valence-electron chi connectivity index (χ3n) is 2.59. The molecule has 3 nitrogen and oxygen atoms in total. The number of hydrogen-bond donors (Lipinski definition) is 1. The van der Waals surface area contributed by atoms with Crippen LogP contribution in [0.1, 0.15) is 19.3 Å². The smallest absolute Gasteiger partial charge is 0.214 e. The first-order valence-corrected chi connectivity index (χ1v) is 4.60. The molecule has 0 aliphatic heterocycles. The number of nitrogens with two attached hydrogens (primary N) is 1. The summed E-state index contributed by atoms with van der Waals surface area (Å²) >= 11 is 0. The fourth-order valence-corrected chi connectivity index (χ4v) is 3.15. The lowest BCUT2D eigenvalue weighted by atomic mass is 9.55. The van der Waals surface area contributed by atoms with Gasteiger partial charge in [-0.15, -0.1) is 0 Å². The van der Waals surface area contributed by atoms with Crippen molar-refractivity contribution in [2.45, 2.75) is 24.0 Å². The molecular weight excluding hydrogens is 138 g/mol. The Labute approximate surface area is 54.3 Å². The normalized spacial score (nSPS) is 47.4. The highest BCUT2D eigenvalue weighted by molar-refractivity contribution is 7.90. The average Bonchev–Trinajstić information content (AvgIpc) is 1.08. The molecule has 3 aliphatic rings. The maximum absolute atomic E-state index is 10.8. The van der Waals surface area contributed by atoms with Gasteiger partial charge in [-0.25, -0.2) is 13.6 Å². The monoisotopic (exact) mass is 147 g/mol. The Morgan fingerprint density at radius 2 is 1.78 bits per heavy atom. The van der Waals surface area contributed by atoms with Crippen LogP contribution in [0.25, 0.3) is 0 Å². The number of hydrogen-bond acceptors (Lipinski definition) is 2. The Morgan fingerprint density at radius 1 is 1.33 bits per heavy atom. The van der Waals surface area contributed by atoms with Gasteiger partial charge in [-0.05, 0) is 25.2 Å². The summed E-state index contributed by atoms with van der Waals surface area (Å²) in [6.07, 6.45) is 2.48. The fraction of sp³-hybridized carbons (Fsp3) is 1.00. The molecule has 0 radical (unpaired) electrons. The van der Waals surface area contributed by atoms with Gasteiger partial charge < -0.3 is 0 Å². The number of sulfonamides is 1. The minimum atomic E-state index is -3.20. The van der Waals surface area contributed by atoms with Crippen molar-refractivity contribution in [3.8, 4) is 0 Å². The van der Waals surface area contributed by atoms with Crippen molar-refractivity contribution < 1.29 is 8.42 Å². The summed E-state index contributed by atoms with van der Waals surface area (Å²) < 4.78 is 21.1. The molecule has 0 aromatic rings. The second kappa shape index (κ2) is 1.18. The van der Waals surface area contributed by atoms with Gasteiger partial charge in [0.15, 0.2) is 0 Å². The lowest BCUT2D eigenvalue weighted by Crippen LogP contribution is -2.64. The SMILES string of the molecule is NS(=O)(=O)C12CC(C1)C2. The standard InChI is InChI=1S/C5H9NO2S/c6-9(7,8)5-1-4(2-5)3-5/h4H,1-3H2,(H2,6,7,8). The molecule has 4 heteroatoms. The Balaban J connectivity index is 2.33. The van der Waals surface area contributed by atoms with Crippen LogP contribution in [0.5, 0.6) is 0 Å². The van der Waals surface area contributed by atoms with Gasteiger partial charge in [0.1, 0.15) is 0 Å². The third kappa shape index (κ3) is 0.483. The summed E-state index contributed by atoms with van der Waals surface area (Å²) in [5.74, 6) is 0.684. The van der Waals surface area contributed by atoms with Crippen LogP contribution < -0.4 is 5.14 Å². The second-order valence-electron chi connectivity index (χ2n) is 3.21. The van der Waals surface area contributed by atoms with Crippen LogP contribution in [-0.2, 0) is 10.0 Å². The van der Waals surface area contributed by atoms with E-state index in [-0.39, 0.29) is 0 Å². The van der Waals surface area contributed by atoms with E-state index in [1.54, 1.807) is 0 Å². The van der Waals surface area contributed by atoms with Crippen molar-refractivity contribution in [2.24, 2.45) is 11.1 Å². The molecule has 2 N–H and O–H groups in total. The second-order valence-corrected chi connectivity index (χ2v) is 5.16. The molecule has 0 amide bonds. The highest BCUT2D eigenvalue weighted by Gasteiger charge is 2.63. The Bertz CT molecular complexity index is 227. The zero-order valence-corrected chi connectivity index (χ0v) is 5.82. The summed E-state index contributed by atoms with van der Waals surface area (Å²) in [5, 5.41) is 4.99. The highest BCUT2D eigenvalue weighted by Crippen LogP contribution is 2.60. The van der Waals surface area contributed by atoms with Crippen LogP contribution in [0.2, 0.25) is 0 Å². The number of primary sulfonamides is 1. The lowest BCUT2D eigenvalue weighted by Gasteiger charge is -2.59. The topological polar surface area (TPSA) is 60.2 Å². The van der Waals surface area contributed by atoms with Gasteiger partial charge in [0.05, 0.1) is 4.75 Å². The molecule has 0 atom stereocenters. The van der Waals surface area contributed by atoms with E-state index in [2.05, 4.69) is 0 Å². The minimum absolute atomic E-state index is 0.447. The molecule has 3 fully saturated rings. The molecule has 9 heavy (non-hydrogen) atoms. The predicted molar refractivity (Wildman–Crippen MR) is 33.2 cm³/mol. The van der Waals surface area contributed by atoms with E-state index >= 15 is 0 Å². The first-order valence-electron chi connectivity index (χ1n) is 3.06. The van der Waals surface area contributed by atoms with Crippen molar-refractivity contribution in [3.05, 3.63) is 0 Å². The van der Waals surface area contributed by atoms with Crippen LogP contribution in [0.4, 0.5) is 0 Å². The van der Waals surface area contributed by atoms with E-state index in [4.69, 9.17) is 5.14 Å². The van der Waals surface area contributed by atoms with Gasteiger partial charge in [-0.2, -0.15) is 0 Å². The minimum Gasteiger partial charge on any atom is -0.228 e. The maximum Gasteiger partial charge on any atom is 0.214 e. The Kier molecular flexibility index (Phi) is 0.743. The molecule has 0 aromatic carbocycles. The predicted octanol–water partition coefficient (Wildman–Crippen LogP) is -0.173. The first-order chi connectivity index (χ1) is 4.04. The number of rotatable bonds is 1. The van der Waals surface area contributed by atoms with E-state index in [1.165, 1.54) is 0 Å². The quantitative estimate of drug-likeness (QED) is 0.559. The fourth-order valence-electron chi connectivity index (χ4n) is 1.75. The molecular formula is C5H9NO2S. The van der Waals surface area contributed by atoms with Crippen LogP contribution in [-0.4, -0.2) is 13.2 Å². The van der Waals surface area contributed by atoms with E-state index in [0.717, 1.165) is 19.3 Å². The summed E-state index contributed by atoms with van der Waals surface area (Å²) in [6, 6.07) is 0. The van der Waals surface area contributed by atoms with Gasteiger partial charge in [-0.1, -0.05) is 0 Å². The highest BCUT2D eigenvalue weighted by atomic mass is 32.2.